The van der Waals surface area contributed by atoms with Gasteiger partial charge in [-0.15, -0.1) is 0 Å². The fourth-order valence-corrected chi connectivity index (χ4v) is 2.66. The molecule has 1 aromatic carbocycles. The summed E-state index contributed by atoms with van der Waals surface area (Å²) in [5.41, 5.74) is 0.371. The van der Waals surface area contributed by atoms with Crippen molar-refractivity contribution in [2.24, 2.45) is 0 Å². The number of benzene rings is 1. The number of carboxylic acid groups (broad SMARTS) is 1. The molecule has 1 aromatic rings. The van der Waals surface area contributed by atoms with Crippen molar-refractivity contribution in [2.45, 2.75) is 31.8 Å². The van der Waals surface area contributed by atoms with E-state index in [0.29, 0.717) is 30.0 Å². The lowest BCUT2D eigenvalue weighted by atomic mass is 10.1. The molecule has 1 heterocycles. The largest absolute Gasteiger partial charge is 0.497 e. The first-order chi connectivity index (χ1) is 11.0. The average molecular weight is 322 g/mol. The minimum absolute atomic E-state index is 0.347. The zero-order chi connectivity index (χ0) is 16.8. The minimum Gasteiger partial charge on any atom is -0.497 e. The highest BCUT2D eigenvalue weighted by molar-refractivity contribution is 5.95. The number of rotatable bonds is 4. The summed E-state index contributed by atoms with van der Waals surface area (Å²) in [6.07, 6.45) is 1.74. The van der Waals surface area contributed by atoms with Crippen molar-refractivity contribution in [3.63, 3.8) is 0 Å². The lowest BCUT2D eigenvalue weighted by molar-refractivity contribution is 0.0829. The van der Waals surface area contributed by atoms with Crippen molar-refractivity contribution >= 4 is 12.0 Å². The van der Waals surface area contributed by atoms with E-state index in [-0.39, 0.29) is 5.91 Å². The Morgan fingerprint density at radius 3 is 2.35 bits per heavy atom. The molecule has 1 atom stereocenters. The number of carbonyl (C=O) groups excluding carboxylic acids is 1. The number of hydrogen-bond acceptors (Lipinski definition) is 4. The van der Waals surface area contributed by atoms with Gasteiger partial charge in [-0.05, 0) is 31.4 Å². The van der Waals surface area contributed by atoms with Crippen molar-refractivity contribution in [1.82, 2.24) is 10.2 Å². The lowest BCUT2D eigenvalue weighted by Gasteiger charge is -2.28. The van der Waals surface area contributed by atoms with Crippen LogP contribution in [0.5, 0.6) is 11.5 Å². The predicted molar refractivity (Wildman–Crippen MR) is 84.0 cm³/mol. The van der Waals surface area contributed by atoms with E-state index in [2.05, 4.69) is 5.32 Å². The third-order valence-electron chi connectivity index (χ3n) is 3.91. The van der Waals surface area contributed by atoms with Gasteiger partial charge in [-0.25, -0.2) is 4.79 Å². The molecule has 1 unspecified atom stereocenters. The number of amides is 2. The molecule has 1 fully saturated rings. The van der Waals surface area contributed by atoms with Crippen LogP contribution in [0.4, 0.5) is 4.79 Å². The molecule has 0 saturated carbocycles. The standard InChI is InChI=1S/C16H22N2O5/c1-22-12-8-11(9-13(10-12)23-2)15(19)17-14-6-4-3-5-7-18(14)16(20)21/h8-10,14H,3-7H2,1-2H3,(H,17,19)(H,20,21). The maximum Gasteiger partial charge on any atom is 0.408 e. The molecule has 2 rings (SSSR count). The topological polar surface area (TPSA) is 88.1 Å². The average Bonchev–Trinajstić information content (AvgIpc) is 2.79. The van der Waals surface area contributed by atoms with Gasteiger partial charge in [0, 0.05) is 18.2 Å². The molecule has 0 aliphatic carbocycles. The van der Waals surface area contributed by atoms with Crippen LogP contribution in [0.25, 0.3) is 0 Å². The van der Waals surface area contributed by atoms with Gasteiger partial charge in [0.05, 0.1) is 14.2 Å². The molecule has 1 saturated heterocycles. The third kappa shape index (κ3) is 4.28. The van der Waals surface area contributed by atoms with E-state index in [4.69, 9.17) is 9.47 Å². The van der Waals surface area contributed by atoms with Gasteiger partial charge >= 0.3 is 6.09 Å². The molecule has 0 radical (unpaired) electrons. The van der Waals surface area contributed by atoms with Crippen LogP contribution in [0.2, 0.25) is 0 Å². The smallest absolute Gasteiger partial charge is 0.408 e. The van der Waals surface area contributed by atoms with Gasteiger partial charge < -0.3 is 19.9 Å². The molecule has 1 aliphatic heterocycles. The molecule has 0 spiro atoms. The molecule has 7 heteroatoms. The normalized spacial score (nSPS) is 18.0. The number of nitrogens with one attached hydrogen (secondary N) is 1. The molecule has 7 nitrogen and oxygen atoms in total. The first-order valence-electron chi connectivity index (χ1n) is 7.58. The second-order valence-electron chi connectivity index (χ2n) is 5.42. The van der Waals surface area contributed by atoms with Crippen LogP contribution >= 0.6 is 0 Å². The second-order valence-corrected chi connectivity index (χ2v) is 5.42. The highest BCUT2D eigenvalue weighted by Gasteiger charge is 2.26. The molecule has 0 bridgehead atoms. The Labute approximate surface area is 135 Å². The Hall–Kier alpha value is -2.44. The molecular weight excluding hydrogens is 300 g/mol. The fourth-order valence-electron chi connectivity index (χ4n) is 2.66. The molecule has 2 N–H and O–H groups in total. The van der Waals surface area contributed by atoms with Crippen molar-refractivity contribution in [1.29, 1.82) is 0 Å². The van der Waals surface area contributed by atoms with E-state index in [9.17, 15) is 14.7 Å². The number of likely N-dealkylation sites (tertiary alicyclic amines) is 1. The van der Waals surface area contributed by atoms with Crippen LogP contribution in [-0.4, -0.2) is 48.9 Å². The van der Waals surface area contributed by atoms with Crippen LogP contribution < -0.4 is 14.8 Å². The summed E-state index contributed by atoms with van der Waals surface area (Å²) >= 11 is 0. The van der Waals surface area contributed by atoms with E-state index in [1.807, 2.05) is 0 Å². The Morgan fingerprint density at radius 2 is 1.78 bits per heavy atom. The number of hydrogen-bond donors (Lipinski definition) is 2. The molecule has 126 valence electrons. The Balaban J connectivity index is 2.17. The SMILES string of the molecule is COc1cc(OC)cc(C(=O)NC2CCCCCN2C(=O)O)c1. The van der Waals surface area contributed by atoms with Crippen molar-refractivity contribution in [3.05, 3.63) is 23.8 Å². The quantitative estimate of drug-likeness (QED) is 0.888. The highest BCUT2D eigenvalue weighted by atomic mass is 16.5. The second kappa shape index (κ2) is 7.71. The van der Waals surface area contributed by atoms with E-state index in [1.54, 1.807) is 18.2 Å². The fraction of sp³-hybridized carbons (Fsp3) is 0.500. The maximum absolute atomic E-state index is 12.5. The number of ether oxygens (including phenoxy) is 2. The number of methoxy groups -OCH3 is 2. The van der Waals surface area contributed by atoms with E-state index in [0.717, 1.165) is 19.3 Å². The zero-order valence-corrected chi connectivity index (χ0v) is 13.4. The van der Waals surface area contributed by atoms with Gasteiger partial charge in [-0.2, -0.15) is 0 Å². The van der Waals surface area contributed by atoms with Crippen molar-refractivity contribution in [3.8, 4) is 11.5 Å². The van der Waals surface area contributed by atoms with E-state index < -0.39 is 12.3 Å². The molecule has 23 heavy (non-hydrogen) atoms. The Bertz CT molecular complexity index is 553. The third-order valence-corrected chi connectivity index (χ3v) is 3.91. The van der Waals surface area contributed by atoms with Crippen LogP contribution in [0.1, 0.15) is 36.0 Å². The van der Waals surface area contributed by atoms with Gasteiger partial charge in [0.2, 0.25) is 0 Å². The Kier molecular flexibility index (Phi) is 5.67. The van der Waals surface area contributed by atoms with E-state index >= 15 is 0 Å². The van der Waals surface area contributed by atoms with Gasteiger partial charge in [0.15, 0.2) is 0 Å². The first kappa shape index (κ1) is 16.9. The van der Waals surface area contributed by atoms with Gasteiger partial charge in [-0.3, -0.25) is 9.69 Å². The summed E-state index contributed by atoms with van der Waals surface area (Å²) in [4.78, 5) is 25.2. The van der Waals surface area contributed by atoms with Crippen LogP contribution in [-0.2, 0) is 0 Å². The predicted octanol–water partition coefficient (Wildman–Crippen LogP) is 2.31. The van der Waals surface area contributed by atoms with Gasteiger partial charge in [0.1, 0.15) is 17.7 Å². The van der Waals surface area contributed by atoms with Crippen LogP contribution in [0.3, 0.4) is 0 Å². The number of nitrogens with zero attached hydrogens (tertiary/aromatic N) is 1. The monoisotopic (exact) mass is 322 g/mol. The zero-order valence-electron chi connectivity index (χ0n) is 13.4. The lowest BCUT2D eigenvalue weighted by Crippen LogP contribution is -2.50. The summed E-state index contributed by atoms with van der Waals surface area (Å²) in [6, 6.07) is 4.87. The molecular formula is C16H22N2O5. The van der Waals surface area contributed by atoms with Gasteiger partial charge in [-0.1, -0.05) is 6.42 Å². The van der Waals surface area contributed by atoms with Gasteiger partial charge in [0.25, 0.3) is 5.91 Å². The summed E-state index contributed by atoms with van der Waals surface area (Å²) in [7, 11) is 3.02. The van der Waals surface area contributed by atoms with Crippen molar-refractivity contribution < 1.29 is 24.2 Å². The van der Waals surface area contributed by atoms with Crippen molar-refractivity contribution in [2.75, 3.05) is 20.8 Å². The number of carbonyl (C=O) groups is 2. The highest BCUT2D eigenvalue weighted by Crippen LogP contribution is 2.23. The Morgan fingerprint density at radius 1 is 1.13 bits per heavy atom. The first-order valence-corrected chi connectivity index (χ1v) is 7.58. The van der Waals surface area contributed by atoms with E-state index in [1.165, 1.54) is 19.1 Å². The maximum atomic E-state index is 12.5. The van der Waals surface area contributed by atoms with Crippen LogP contribution in [0.15, 0.2) is 18.2 Å². The summed E-state index contributed by atoms with van der Waals surface area (Å²) in [5.74, 6) is 0.663. The molecule has 0 aromatic heterocycles. The minimum atomic E-state index is -1.01. The summed E-state index contributed by atoms with van der Waals surface area (Å²) in [6.45, 7) is 0.432. The summed E-state index contributed by atoms with van der Waals surface area (Å²) in [5, 5.41) is 12.1. The molecule has 1 aliphatic rings. The molecule has 2 amide bonds. The van der Waals surface area contributed by atoms with Crippen LogP contribution in [0, 0.1) is 0 Å². The summed E-state index contributed by atoms with van der Waals surface area (Å²) < 4.78 is 10.3.